The average Bonchev–Trinajstić information content (AvgIpc) is 2.83. The molecule has 0 saturated heterocycles. The van der Waals surface area contributed by atoms with E-state index in [2.05, 4.69) is 12.2 Å². The summed E-state index contributed by atoms with van der Waals surface area (Å²) in [7, 11) is 0. The van der Waals surface area contributed by atoms with Gasteiger partial charge in [0.2, 0.25) is 0 Å². The van der Waals surface area contributed by atoms with Crippen molar-refractivity contribution in [3.8, 4) is 0 Å². The van der Waals surface area contributed by atoms with Gasteiger partial charge in [0.15, 0.2) is 5.12 Å². The molecule has 0 radical (unpaired) electrons. The van der Waals surface area contributed by atoms with Crippen LogP contribution in [0, 0.1) is 17.8 Å². The Morgan fingerprint density at radius 1 is 1.38 bits per heavy atom. The molecule has 1 nitrogen and oxygen atoms in total. The number of thioether (sulfide) groups is 1. The fraction of sp³-hybridized carbons (Fsp3) is 0.462. The van der Waals surface area contributed by atoms with Crippen LogP contribution in [0.5, 0.6) is 0 Å². The summed E-state index contributed by atoms with van der Waals surface area (Å²) in [5.74, 6) is 1.46. The zero-order valence-electron chi connectivity index (χ0n) is 8.96. The van der Waals surface area contributed by atoms with Crippen LogP contribution >= 0.6 is 23.1 Å². The Hall–Kier alpha value is -0.540. The SMILES string of the molecule is O=C(Sc1cccs1)[C@H]1C[C@H]2C=C[C@H]1CC2. The molecule has 16 heavy (non-hydrogen) atoms. The second kappa shape index (κ2) is 4.38. The maximum atomic E-state index is 12.2. The van der Waals surface area contributed by atoms with Crippen LogP contribution in [0.4, 0.5) is 0 Å². The molecule has 2 bridgehead atoms. The molecule has 3 aliphatic rings. The summed E-state index contributed by atoms with van der Waals surface area (Å²) >= 11 is 3.10. The van der Waals surface area contributed by atoms with Crippen molar-refractivity contribution >= 4 is 28.2 Å². The third-order valence-electron chi connectivity index (χ3n) is 3.57. The number of rotatable bonds is 2. The van der Waals surface area contributed by atoms with Gasteiger partial charge in [-0.1, -0.05) is 18.2 Å². The molecule has 1 saturated carbocycles. The summed E-state index contributed by atoms with van der Waals surface area (Å²) in [6.07, 6.45) is 8.17. The van der Waals surface area contributed by atoms with Crippen LogP contribution in [0.2, 0.25) is 0 Å². The van der Waals surface area contributed by atoms with E-state index in [1.165, 1.54) is 24.6 Å². The molecule has 0 amide bonds. The zero-order chi connectivity index (χ0) is 11.0. The minimum absolute atomic E-state index is 0.274. The molecule has 0 aliphatic heterocycles. The van der Waals surface area contributed by atoms with Gasteiger partial charge in [0, 0.05) is 5.92 Å². The lowest BCUT2D eigenvalue weighted by Gasteiger charge is -2.36. The Labute approximate surface area is 104 Å². The zero-order valence-corrected chi connectivity index (χ0v) is 10.6. The molecule has 1 aromatic rings. The molecule has 0 unspecified atom stereocenters. The Kier molecular flexibility index (Phi) is 2.90. The van der Waals surface area contributed by atoms with Crippen LogP contribution < -0.4 is 0 Å². The Morgan fingerprint density at radius 2 is 2.31 bits per heavy atom. The van der Waals surface area contributed by atoms with Gasteiger partial charge in [-0.05, 0) is 54.3 Å². The van der Waals surface area contributed by atoms with Gasteiger partial charge in [-0.2, -0.15) is 0 Å². The van der Waals surface area contributed by atoms with Crippen molar-refractivity contribution in [2.45, 2.75) is 23.5 Å². The van der Waals surface area contributed by atoms with Crippen molar-refractivity contribution in [1.82, 2.24) is 0 Å². The van der Waals surface area contributed by atoms with E-state index >= 15 is 0 Å². The minimum atomic E-state index is 0.274. The van der Waals surface area contributed by atoms with Crippen molar-refractivity contribution in [2.24, 2.45) is 17.8 Å². The molecule has 0 N–H and O–H groups in total. The van der Waals surface area contributed by atoms with Crippen LogP contribution in [0.3, 0.4) is 0 Å². The fourth-order valence-corrected chi connectivity index (χ4v) is 4.52. The molecule has 1 fully saturated rings. The second-order valence-electron chi connectivity index (χ2n) is 4.58. The van der Waals surface area contributed by atoms with Gasteiger partial charge in [0.05, 0.1) is 4.21 Å². The number of carbonyl (C=O) groups is 1. The molecular weight excluding hydrogens is 236 g/mol. The first kappa shape index (κ1) is 10.6. The summed E-state index contributed by atoms with van der Waals surface area (Å²) in [4.78, 5) is 12.2. The number of allylic oxidation sites excluding steroid dienone is 2. The lowest BCUT2D eigenvalue weighted by atomic mass is 9.70. The Bertz CT molecular complexity index is 408. The number of fused-ring (bicyclic) bond motifs is 2. The van der Waals surface area contributed by atoms with Crippen molar-refractivity contribution < 1.29 is 4.79 Å². The highest BCUT2D eigenvalue weighted by Gasteiger charge is 2.36. The maximum absolute atomic E-state index is 12.2. The van der Waals surface area contributed by atoms with E-state index in [4.69, 9.17) is 0 Å². The molecule has 0 spiro atoms. The van der Waals surface area contributed by atoms with Crippen molar-refractivity contribution in [3.05, 3.63) is 29.7 Å². The first-order valence-electron chi connectivity index (χ1n) is 5.76. The number of hydrogen-bond acceptors (Lipinski definition) is 3. The standard InChI is InChI=1S/C13H14OS2/c14-13(16-12-2-1-7-15-12)11-8-9-3-5-10(11)6-4-9/h1-3,5,7,9-11H,4,6,8H2/t9-,10-,11-/m0/s1. The van der Waals surface area contributed by atoms with Gasteiger partial charge < -0.3 is 0 Å². The summed E-state index contributed by atoms with van der Waals surface area (Å²) in [6, 6.07) is 4.04. The van der Waals surface area contributed by atoms with Crippen LogP contribution in [0.1, 0.15) is 19.3 Å². The van der Waals surface area contributed by atoms with E-state index < -0.39 is 0 Å². The molecular formula is C13H14OS2. The van der Waals surface area contributed by atoms with Crippen LogP contribution in [0.25, 0.3) is 0 Å². The lowest BCUT2D eigenvalue weighted by Crippen LogP contribution is -2.31. The minimum Gasteiger partial charge on any atom is -0.286 e. The van der Waals surface area contributed by atoms with Gasteiger partial charge in [0.25, 0.3) is 0 Å². The summed E-state index contributed by atoms with van der Waals surface area (Å²) in [5, 5.41) is 2.41. The predicted molar refractivity (Wildman–Crippen MR) is 68.6 cm³/mol. The topological polar surface area (TPSA) is 17.1 Å². The monoisotopic (exact) mass is 250 g/mol. The molecule has 1 heterocycles. The first-order valence-corrected chi connectivity index (χ1v) is 7.46. The summed E-state index contributed by atoms with van der Waals surface area (Å²) in [6.45, 7) is 0. The van der Waals surface area contributed by atoms with E-state index in [9.17, 15) is 4.79 Å². The highest BCUT2D eigenvalue weighted by Crippen LogP contribution is 2.43. The molecule has 0 aromatic carbocycles. The number of thiophene rings is 1. The fourth-order valence-electron chi connectivity index (χ4n) is 2.70. The quantitative estimate of drug-likeness (QED) is 0.583. The van der Waals surface area contributed by atoms with Crippen molar-refractivity contribution in [1.29, 1.82) is 0 Å². The predicted octanol–water partition coefficient (Wildman–Crippen LogP) is 3.97. The highest BCUT2D eigenvalue weighted by molar-refractivity contribution is 8.15. The molecule has 84 valence electrons. The van der Waals surface area contributed by atoms with Gasteiger partial charge >= 0.3 is 0 Å². The van der Waals surface area contributed by atoms with Gasteiger partial charge in [-0.3, -0.25) is 4.79 Å². The second-order valence-corrected chi connectivity index (χ2v) is 6.83. The van der Waals surface area contributed by atoms with Gasteiger partial charge in [-0.15, -0.1) is 11.3 Å². The number of carbonyl (C=O) groups excluding carboxylic acids is 1. The Morgan fingerprint density at radius 3 is 2.88 bits per heavy atom. The molecule has 1 aromatic heterocycles. The Balaban J connectivity index is 1.70. The van der Waals surface area contributed by atoms with Crippen LogP contribution in [-0.4, -0.2) is 5.12 Å². The molecule has 3 heteroatoms. The normalized spacial score (nSPS) is 31.9. The highest BCUT2D eigenvalue weighted by atomic mass is 32.2. The smallest absolute Gasteiger partial charge is 0.198 e. The molecule has 4 rings (SSSR count). The van der Waals surface area contributed by atoms with Crippen molar-refractivity contribution in [3.63, 3.8) is 0 Å². The van der Waals surface area contributed by atoms with E-state index in [1.807, 2.05) is 17.5 Å². The maximum Gasteiger partial charge on any atom is 0.198 e. The van der Waals surface area contributed by atoms with Crippen LogP contribution in [0.15, 0.2) is 33.9 Å². The third kappa shape index (κ3) is 1.98. The van der Waals surface area contributed by atoms with Crippen molar-refractivity contribution in [2.75, 3.05) is 0 Å². The van der Waals surface area contributed by atoms with E-state index in [0.29, 0.717) is 17.0 Å². The van der Waals surface area contributed by atoms with Crippen LogP contribution in [-0.2, 0) is 4.79 Å². The average molecular weight is 250 g/mol. The largest absolute Gasteiger partial charge is 0.286 e. The van der Waals surface area contributed by atoms with E-state index in [1.54, 1.807) is 11.3 Å². The van der Waals surface area contributed by atoms with E-state index in [-0.39, 0.29) is 5.92 Å². The molecule has 3 atom stereocenters. The van der Waals surface area contributed by atoms with Gasteiger partial charge in [-0.25, -0.2) is 0 Å². The first-order chi connectivity index (χ1) is 7.83. The van der Waals surface area contributed by atoms with Gasteiger partial charge in [0.1, 0.15) is 0 Å². The van der Waals surface area contributed by atoms with E-state index in [0.717, 1.165) is 10.6 Å². The third-order valence-corrected chi connectivity index (χ3v) is 5.62. The number of hydrogen-bond donors (Lipinski definition) is 0. The summed E-state index contributed by atoms with van der Waals surface area (Å²) < 4.78 is 1.13. The lowest BCUT2D eigenvalue weighted by molar-refractivity contribution is -0.116. The molecule has 3 aliphatic carbocycles. The summed E-state index contributed by atoms with van der Waals surface area (Å²) in [5.41, 5.74) is 0.